The number of carbonyl (C=O) groups is 1. The van der Waals surface area contributed by atoms with Crippen LogP contribution in [0.25, 0.3) is 0 Å². The Morgan fingerprint density at radius 2 is 1.75 bits per heavy atom. The van der Waals surface area contributed by atoms with Gasteiger partial charge >= 0.3 is 5.97 Å². The molecule has 0 aliphatic heterocycles. The minimum atomic E-state index is -0.509. The molecule has 0 rings (SSSR count). The van der Waals surface area contributed by atoms with Crippen LogP contribution in [0.2, 0.25) is 0 Å². The van der Waals surface area contributed by atoms with Crippen molar-refractivity contribution in [3.05, 3.63) is 0 Å². The first-order chi connectivity index (χ1) is 7.43. The van der Waals surface area contributed by atoms with E-state index in [9.17, 15) is 4.79 Å². The SMILES string of the molecule is CC(C)COCCOC(=O)C(N)CC(C)C. The third-order valence-electron chi connectivity index (χ3n) is 1.95. The van der Waals surface area contributed by atoms with Gasteiger partial charge in [0.25, 0.3) is 0 Å². The number of hydrogen-bond donors (Lipinski definition) is 1. The van der Waals surface area contributed by atoms with E-state index in [0.717, 1.165) is 0 Å². The molecular formula is C12H25NO3. The fourth-order valence-electron chi connectivity index (χ4n) is 1.23. The molecule has 96 valence electrons. The summed E-state index contributed by atoms with van der Waals surface area (Å²) in [4.78, 5) is 11.4. The lowest BCUT2D eigenvalue weighted by Gasteiger charge is -2.13. The molecule has 0 bridgehead atoms. The van der Waals surface area contributed by atoms with Crippen LogP contribution in [0.15, 0.2) is 0 Å². The highest BCUT2D eigenvalue weighted by molar-refractivity contribution is 5.75. The van der Waals surface area contributed by atoms with E-state index in [1.54, 1.807) is 0 Å². The van der Waals surface area contributed by atoms with Crippen molar-refractivity contribution in [1.29, 1.82) is 0 Å². The van der Waals surface area contributed by atoms with Crippen molar-refractivity contribution in [2.45, 2.75) is 40.2 Å². The summed E-state index contributed by atoms with van der Waals surface area (Å²) in [6.45, 7) is 9.62. The summed E-state index contributed by atoms with van der Waals surface area (Å²) >= 11 is 0. The van der Waals surface area contributed by atoms with Crippen molar-refractivity contribution < 1.29 is 14.3 Å². The van der Waals surface area contributed by atoms with E-state index in [0.29, 0.717) is 31.5 Å². The van der Waals surface area contributed by atoms with Crippen molar-refractivity contribution in [3.63, 3.8) is 0 Å². The average Bonchev–Trinajstić information content (AvgIpc) is 2.15. The Hall–Kier alpha value is -0.610. The van der Waals surface area contributed by atoms with Crippen molar-refractivity contribution in [3.8, 4) is 0 Å². The molecule has 0 aromatic heterocycles. The summed E-state index contributed by atoms with van der Waals surface area (Å²) in [7, 11) is 0. The first kappa shape index (κ1) is 15.4. The van der Waals surface area contributed by atoms with Crippen molar-refractivity contribution in [2.24, 2.45) is 17.6 Å². The largest absolute Gasteiger partial charge is 0.462 e. The predicted molar refractivity (Wildman–Crippen MR) is 64.0 cm³/mol. The van der Waals surface area contributed by atoms with Crippen LogP contribution in [0.5, 0.6) is 0 Å². The summed E-state index contributed by atoms with van der Waals surface area (Å²) in [5.41, 5.74) is 5.67. The Morgan fingerprint density at radius 1 is 1.12 bits per heavy atom. The van der Waals surface area contributed by atoms with Gasteiger partial charge in [-0.3, -0.25) is 4.79 Å². The van der Waals surface area contributed by atoms with Gasteiger partial charge in [-0.2, -0.15) is 0 Å². The van der Waals surface area contributed by atoms with Crippen LogP contribution in [0.1, 0.15) is 34.1 Å². The molecule has 0 saturated heterocycles. The third-order valence-corrected chi connectivity index (χ3v) is 1.95. The fraction of sp³-hybridized carbons (Fsp3) is 0.917. The maximum atomic E-state index is 11.4. The first-order valence-corrected chi connectivity index (χ1v) is 5.93. The third kappa shape index (κ3) is 8.68. The molecule has 0 saturated carbocycles. The number of hydrogen-bond acceptors (Lipinski definition) is 4. The van der Waals surface area contributed by atoms with Gasteiger partial charge in [0.1, 0.15) is 12.6 Å². The van der Waals surface area contributed by atoms with Gasteiger partial charge in [-0.15, -0.1) is 0 Å². The number of carbonyl (C=O) groups excluding carboxylic acids is 1. The minimum Gasteiger partial charge on any atom is -0.462 e. The molecule has 0 heterocycles. The number of esters is 1. The zero-order valence-corrected chi connectivity index (χ0v) is 10.9. The Labute approximate surface area is 98.5 Å². The monoisotopic (exact) mass is 231 g/mol. The normalized spacial score (nSPS) is 13.2. The van der Waals surface area contributed by atoms with Crippen LogP contribution in [0, 0.1) is 11.8 Å². The number of rotatable bonds is 8. The Kier molecular flexibility index (Phi) is 8.21. The number of ether oxygens (including phenoxy) is 2. The van der Waals surface area contributed by atoms with Gasteiger partial charge < -0.3 is 15.2 Å². The molecule has 1 unspecified atom stereocenters. The summed E-state index contributed by atoms with van der Waals surface area (Å²) in [6, 6.07) is -0.509. The molecule has 0 aromatic carbocycles. The molecule has 0 amide bonds. The van der Waals surface area contributed by atoms with E-state index in [2.05, 4.69) is 13.8 Å². The summed E-state index contributed by atoms with van der Waals surface area (Å²) in [6.07, 6.45) is 0.658. The van der Waals surface area contributed by atoms with Crippen LogP contribution in [0.3, 0.4) is 0 Å². The first-order valence-electron chi connectivity index (χ1n) is 5.93. The van der Waals surface area contributed by atoms with Crippen LogP contribution in [-0.4, -0.2) is 31.8 Å². The second-order valence-electron chi connectivity index (χ2n) is 4.87. The molecule has 0 aromatic rings. The predicted octanol–water partition coefficient (Wildman–Crippen LogP) is 1.58. The van der Waals surface area contributed by atoms with E-state index in [1.807, 2.05) is 13.8 Å². The highest BCUT2D eigenvalue weighted by Gasteiger charge is 2.15. The van der Waals surface area contributed by atoms with E-state index in [1.165, 1.54) is 0 Å². The van der Waals surface area contributed by atoms with E-state index in [-0.39, 0.29) is 12.6 Å². The van der Waals surface area contributed by atoms with Crippen molar-refractivity contribution in [1.82, 2.24) is 0 Å². The quantitative estimate of drug-likeness (QED) is 0.509. The van der Waals surface area contributed by atoms with Gasteiger partial charge in [0.2, 0.25) is 0 Å². The molecule has 16 heavy (non-hydrogen) atoms. The second kappa shape index (κ2) is 8.53. The lowest BCUT2D eigenvalue weighted by atomic mass is 10.1. The lowest BCUT2D eigenvalue weighted by molar-refractivity contribution is -0.147. The smallest absolute Gasteiger partial charge is 0.322 e. The molecule has 0 aliphatic rings. The van der Waals surface area contributed by atoms with E-state index >= 15 is 0 Å². The second-order valence-corrected chi connectivity index (χ2v) is 4.87. The molecule has 0 fully saturated rings. The van der Waals surface area contributed by atoms with Gasteiger partial charge in [-0.05, 0) is 18.3 Å². The Balaban J connectivity index is 3.50. The van der Waals surface area contributed by atoms with Crippen molar-refractivity contribution >= 4 is 5.97 Å². The molecule has 0 spiro atoms. The van der Waals surface area contributed by atoms with Gasteiger partial charge in [0.15, 0.2) is 0 Å². The highest BCUT2D eigenvalue weighted by atomic mass is 16.6. The average molecular weight is 231 g/mol. The molecule has 0 radical (unpaired) electrons. The standard InChI is InChI=1S/C12H25NO3/c1-9(2)7-11(13)12(14)16-6-5-15-8-10(3)4/h9-11H,5-8,13H2,1-4H3. The highest BCUT2D eigenvalue weighted by Crippen LogP contribution is 2.03. The zero-order valence-electron chi connectivity index (χ0n) is 10.9. The maximum Gasteiger partial charge on any atom is 0.322 e. The molecule has 4 heteroatoms. The zero-order chi connectivity index (χ0) is 12.6. The topological polar surface area (TPSA) is 61.5 Å². The molecule has 2 N–H and O–H groups in total. The van der Waals surface area contributed by atoms with Gasteiger partial charge in [-0.25, -0.2) is 0 Å². The molecule has 1 atom stereocenters. The van der Waals surface area contributed by atoms with Crippen LogP contribution < -0.4 is 5.73 Å². The van der Waals surface area contributed by atoms with Gasteiger partial charge in [0.05, 0.1) is 6.61 Å². The summed E-state index contributed by atoms with van der Waals surface area (Å²) in [5, 5.41) is 0. The fourth-order valence-corrected chi connectivity index (χ4v) is 1.23. The summed E-state index contributed by atoms with van der Waals surface area (Å²) < 4.78 is 10.3. The Morgan fingerprint density at radius 3 is 2.25 bits per heavy atom. The van der Waals surface area contributed by atoms with E-state index in [4.69, 9.17) is 15.2 Å². The molecular weight excluding hydrogens is 206 g/mol. The van der Waals surface area contributed by atoms with Crippen LogP contribution >= 0.6 is 0 Å². The summed E-state index contributed by atoms with van der Waals surface area (Å²) in [5.74, 6) is 0.570. The number of nitrogens with two attached hydrogens (primary N) is 1. The minimum absolute atomic E-state index is 0.289. The Bertz CT molecular complexity index is 193. The molecule has 4 nitrogen and oxygen atoms in total. The van der Waals surface area contributed by atoms with Crippen molar-refractivity contribution in [2.75, 3.05) is 19.8 Å². The van der Waals surface area contributed by atoms with Crippen LogP contribution in [-0.2, 0) is 14.3 Å². The van der Waals surface area contributed by atoms with E-state index < -0.39 is 6.04 Å². The lowest BCUT2D eigenvalue weighted by Crippen LogP contribution is -2.34. The molecule has 0 aliphatic carbocycles. The van der Waals surface area contributed by atoms with Gasteiger partial charge in [-0.1, -0.05) is 27.7 Å². The van der Waals surface area contributed by atoms with Crippen LogP contribution in [0.4, 0.5) is 0 Å². The maximum absolute atomic E-state index is 11.4. The van der Waals surface area contributed by atoms with Gasteiger partial charge in [0, 0.05) is 6.61 Å².